The van der Waals surface area contributed by atoms with Crippen LogP contribution in [-0.4, -0.2) is 40.3 Å². The summed E-state index contributed by atoms with van der Waals surface area (Å²) in [5, 5.41) is 14.9. The number of pyridine rings is 1. The maximum absolute atomic E-state index is 5.93. The molecule has 0 atom stereocenters. The molecule has 0 aliphatic heterocycles. The van der Waals surface area contributed by atoms with Crippen LogP contribution in [0, 0.1) is 13.8 Å². The second-order valence-corrected chi connectivity index (χ2v) is 6.24. The molecule has 2 aromatic heterocycles. The van der Waals surface area contributed by atoms with E-state index in [1.807, 2.05) is 41.8 Å². The summed E-state index contributed by atoms with van der Waals surface area (Å²) < 4.78 is 7.87. The van der Waals surface area contributed by atoms with Crippen molar-refractivity contribution in [3.8, 4) is 5.75 Å². The molecule has 0 bridgehead atoms. The first kappa shape index (κ1) is 18.7. The van der Waals surface area contributed by atoms with Crippen LogP contribution in [0.15, 0.2) is 47.6 Å². The van der Waals surface area contributed by atoms with E-state index in [1.165, 1.54) is 0 Å². The highest BCUT2D eigenvalue weighted by Gasteiger charge is 2.05. The van der Waals surface area contributed by atoms with E-state index in [4.69, 9.17) is 4.74 Å². The Morgan fingerprint density at radius 3 is 2.67 bits per heavy atom. The van der Waals surface area contributed by atoms with Crippen LogP contribution in [0.1, 0.15) is 23.9 Å². The molecule has 0 aliphatic carbocycles. The number of nitrogens with zero attached hydrogens (tertiary/aromatic N) is 4. The smallest absolute Gasteiger partial charge is 0.191 e. The molecule has 0 spiro atoms. The third-order valence-electron chi connectivity index (χ3n) is 4.16. The fourth-order valence-electron chi connectivity index (χ4n) is 2.84. The number of para-hydroxylation sites is 1. The van der Waals surface area contributed by atoms with Gasteiger partial charge in [-0.25, -0.2) is 4.99 Å². The SMILES string of the molecule is CCNC(=NCc1nnc2ccccn12)NCCOc1c(C)cccc1C. The number of hydrogen-bond acceptors (Lipinski definition) is 4. The van der Waals surface area contributed by atoms with Crippen molar-refractivity contribution in [3.63, 3.8) is 0 Å². The monoisotopic (exact) mass is 366 g/mol. The minimum atomic E-state index is 0.443. The lowest BCUT2D eigenvalue weighted by Crippen LogP contribution is -2.39. The van der Waals surface area contributed by atoms with Crippen molar-refractivity contribution in [1.82, 2.24) is 25.2 Å². The minimum Gasteiger partial charge on any atom is -0.491 e. The second-order valence-electron chi connectivity index (χ2n) is 6.24. The van der Waals surface area contributed by atoms with Crippen LogP contribution >= 0.6 is 0 Å². The first-order valence-corrected chi connectivity index (χ1v) is 9.19. The number of aliphatic imine (C=N–C) groups is 1. The van der Waals surface area contributed by atoms with E-state index in [0.717, 1.165) is 40.9 Å². The van der Waals surface area contributed by atoms with Crippen LogP contribution in [0.4, 0.5) is 0 Å². The summed E-state index contributed by atoms with van der Waals surface area (Å²) in [5.74, 6) is 2.49. The Bertz CT molecular complexity index is 897. The molecule has 0 amide bonds. The van der Waals surface area contributed by atoms with Crippen molar-refractivity contribution in [3.05, 3.63) is 59.5 Å². The van der Waals surface area contributed by atoms with Crippen molar-refractivity contribution < 1.29 is 4.74 Å². The Kier molecular flexibility index (Phi) is 6.25. The summed E-state index contributed by atoms with van der Waals surface area (Å²) in [4.78, 5) is 4.60. The quantitative estimate of drug-likeness (QED) is 0.382. The van der Waals surface area contributed by atoms with Gasteiger partial charge in [-0.1, -0.05) is 24.3 Å². The van der Waals surface area contributed by atoms with Crippen molar-refractivity contribution in [2.75, 3.05) is 19.7 Å². The van der Waals surface area contributed by atoms with Crippen molar-refractivity contribution >= 4 is 11.6 Å². The van der Waals surface area contributed by atoms with E-state index in [-0.39, 0.29) is 0 Å². The molecule has 0 fully saturated rings. The molecule has 0 unspecified atom stereocenters. The lowest BCUT2D eigenvalue weighted by molar-refractivity contribution is 0.317. The maximum atomic E-state index is 5.93. The van der Waals surface area contributed by atoms with Gasteiger partial charge in [0.1, 0.15) is 18.9 Å². The lowest BCUT2D eigenvalue weighted by Gasteiger charge is -2.14. The first-order valence-electron chi connectivity index (χ1n) is 9.19. The fraction of sp³-hybridized carbons (Fsp3) is 0.350. The van der Waals surface area contributed by atoms with E-state index in [1.54, 1.807) is 0 Å². The largest absolute Gasteiger partial charge is 0.491 e. The summed E-state index contributed by atoms with van der Waals surface area (Å²) >= 11 is 0. The molecule has 142 valence electrons. The van der Waals surface area contributed by atoms with E-state index in [9.17, 15) is 0 Å². The van der Waals surface area contributed by atoms with Crippen LogP contribution < -0.4 is 15.4 Å². The minimum absolute atomic E-state index is 0.443. The second kappa shape index (κ2) is 9.02. The molecule has 0 radical (unpaired) electrons. The van der Waals surface area contributed by atoms with E-state index >= 15 is 0 Å². The molecule has 27 heavy (non-hydrogen) atoms. The average molecular weight is 366 g/mol. The molecule has 0 aliphatic rings. The van der Waals surface area contributed by atoms with Crippen molar-refractivity contribution in [1.29, 1.82) is 0 Å². The van der Waals surface area contributed by atoms with Crippen LogP contribution in [-0.2, 0) is 6.54 Å². The Balaban J connectivity index is 1.56. The highest BCUT2D eigenvalue weighted by atomic mass is 16.5. The molecular formula is C20H26N6O. The zero-order valence-electron chi connectivity index (χ0n) is 16.1. The number of rotatable bonds is 7. The zero-order valence-corrected chi connectivity index (χ0v) is 16.1. The van der Waals surface area contributed by atoms with Gasteiger partial charge in [0, 0.05) is 12.7 Å². The number of aryl methyl sites for hydroxylation is 2. The molecule has 7 nitrogen and oxygen atoms in total. The summed E-state index contributed by atoms with van der Waals surface area (Å²) in [5.41, 5.74) is 3.12. The van der Waals surface area contributed by atoms with Crippen LogP contribution in [0.5, 0.6) is 5.75 Å². The average Bonchev–Trinajstić information content (AvgIpc) is 3.08. The van der Waals surface area contributed by atoms with Crippen LogP contribution in [0.25, 0.3) is 5.65 Å². The van der Waals surface area contributed by atoms with Crippen LogP contribution in [0.2, 0.25) is 0 Å². The molecule has 2 heterocycles. The van der Waals surface area contributed by atoms with Crippen molar-refractivity contribution in [2.24, 2.45) is 4.99 Å². The third kappa shape index (κ3) is 4.75. The summed E-state index contributed by atoms with van der Waals surface area (Å²) in [6.07, 6.45) is 1.94. The maximum Gasteiger partial charge on any atom is 0.191 e. The molecule has 1 aromatic carbocycles. The van der Waals surface area contributed by atoms with Gasteiger partial charge in [0.2, 0.25) is 0 Å². The molecule has 2 N–H and O–H groups in total. The number of nitrogens with one attached hydrogen (secondary N) is 2. The molecule has 0 saturated carbocycles. The molecular weight excluding hydrogens is 340 g/mol. The Morgan fingerprint density at radius 1 is 1.07 bits per heavy atom. The van der Waals surface area contributed by atoms with Gasteiger partial charge < -0.3 is 15.4 Å². The normalized spacial score (nSPS) is 11.6. The van der Waals surface area contributed by atoms with Gasteiger partial charge in [0.25, 0.3) is 0 Å². The highest BCUT2D eigenvalue weighted by Crippen LogP contribution is 2.21. The van der Waals surface area contributed by atoms with Gasteiger partial charge in [-0.2, -0.15) is 0 Å². The Hall–Kier alpha value is -3.09. The summed E-state index contributed by atoms with van der Waals surface area (Å²) in [6.45, 7) is 8.60. The number of aromatic nitrogens is 3. The summed E-state index contributed by atoms with van der Waals surface area (Å²) in [6, 6.07) is 12.0. The fourth-order valence-corrected chi connectivity index (χ4v) is 2.84. The number of guanidine groups is 1. The highest BCUT2D eigenvalue weighted by molar-refractivity contribution is 5.79. The van der Waals surface area contributed by atoms with E-state index in [0.29, 0.717) is 19.7 Å². The third-order valence-corrected chi connectivity index (χ3v) is 4.16. The van der Waals surface area contributed by atoms with Crippen LogP contribution in [0.3, 0.4) is 0 Å². The molecule has 0 saturated heterocycles. The van der Waals surface area contributed by atoms with Gasteiger partial charge >= 0.3 is 0 Å². The predicted molar refractivity (Wildman–Crippen MR) is 107 cm³/mol. The number of hydrogen-bond donors (Lipinski definition) is 2. The summed E-state index contributed by atoms with van der Waals surface area (Å²) in [7, 11) is 0. The van der Waals surface area contributed by atoms with Gasteiger partial charge in [0.15, 0.2) is 17.4 Å². The standard InChI is InChI=1S/C20H26N6O/c1-4-21-20(22-11-13-27-19-15(2)8-7-9-16(19)3)23-14-18-25-24-17-10-5-6-12-26(17)18/h5-10,12H,4,11,13-14H2,1-3H3,(H2,21,22,23). The Labute approximate surface area is 159 Å². The molecule has 3 rings (SSSR count). The zero-order chi connectivity index (χ0) is 19.1. The number of benzene rings is 1. The topological polar surface area (TPSA) is 75.8 Å². The van der Waals surface area contributed by atoms with E-state index in [2.05, 4.69) is 51.8 Å². The first-order chi connectivity index (χ1) is 13.2. The van der Waals surface area contributed by atoms with Gasteiger partial charge in [0.05, 0.1) is 6.54 Å². The number of ether oxygens (including phenoxy) is 1. The lowest BCUT2D eigenvalue weighted by atomic mass is 10.1. The Morgan fingerprint density at radius 2 is 1.89 bits per heavy atom. The van der Waals surface area contributed by atoms with Gasteiger partial charge in [-0.3, -0.25) is 4.40 Å². The van der Waals surface area contributed by atoms with E-state index < -0.39 is 0 Å². The predicted octanol–water partition coefficient (Wildman–Crippen LogP) is 2.48. The van der Waals surface area contributed by atoms with Gasteiger partial charge in [-0.15, -0.1) is 10.2 Å². The number of fused-ring (bicyclic) bond motifs is 1. The molecule has 7 heteroatoms. The van der Waals surface area contributed by atoms with Gasteiger partial charge in [-0.05, 0) is 44.0 Å². The molecule has 3 aromatic rings. The van der Waals surface area contributed by atoms with Crippen molar-refractivity contribution in [2.45, 2.75) is 27.3 Å².